The van der Waals surface area contributed by atoms with Crippen LogP contribution in [0.1, 0.15) is 32.4 Å². The van der Waals surface area contributed by atoms with E-state index in [4.69, 9.17) is 4.74 Å². The maximum Gasteiger partial charge on any atom is 0.0893 e. The molecule has 3 rings (SSSR count). The minimum absolute atomic E-state index is 0.116. The minimum Gasteiger partial charge on any atom is -0.396 e. The lowest BCUT2D eigenvalue weighted by Gasteiger charge is -2.55. The summed E-state index contributed by atoms with van der Waals surface area (Å²) in [7, 11) is 0. The van der Waals surface area contributed by atoms with Gasteiger partial charge in [-0.3, -0.25) is 0 Å². The number of fused-ring (bicyclic) bond motifs is 2. The highest BCUT2D eigenvalue weighted by Crippen LogP contribution is 2.55. The molecule has 2 aliphatic rings. The SMILES string of the molecule is CC1=C[C@@H](C)[C@@]2(CO)CO[C@@H](c3ccccc3)[C@@H]1[C@@H]2C. The fraction of sp³-hybridized carbons (Fsp3) is 0.556. The van der Waals surface area contributed by atoms with Gasteiger partial charge in [0.15, 0.2) is 0 Å². The molecule has 0 saturated carbocycles. The number of hydrogen-bond donors (Lipinski definition) is 1. The first-order valence-corrected chi connectivity index (χ1v) is 7.56. The normalized spacial score (nSPS) is 40.3. The van der Waals surface area contributed by atoms with Crippen molar-refractivity contribution >= 4 is 0 Å². The number of aliphatic hydroxyl groups excluding tert-OH is 1. The molecule has 1 aromatic rings. The van der Waals surface area contributed by atoms with Crippen LogP contribution in [0.15, 0.2) is 42.0 Å². The molecule has 1 N–H and O–H groups in total. The summed E-state index contributed by atoms with van der Waals surface area (Å²) in [6.45, 7) is 7.55. The lowest BCUT2D eigenvalue weighted by molar-refractivity contribution is -0.165. The lowest BCUT2D eigenvalue weighted by Crippen LogP contribution is -2.53. The van der Waals surface area contributed by atoms with Crippen LogP contribution in [0.3, 0.4) is 0 Å². The average Bonchev–Trinajstić information content (AvgIpc) is 2.46. The molecule has 1 fully saturated rings. The summed E-state index contributed by atoms with van der Waals surface area (Å²) < 4.78 is 6.24. The topological polar surface area (TPSA) is 29.5 Å². The van der Waals surface area contributed by atoms with E-state index in [-0.39, 0.29) is 18.1 Å². The number of ether oxygens (including phenoxy) is 1. The molecule has 0 spiro atoms. The fourth-order valence-electron chi connectivity index (χ4n) is 4.23. The van der Waals surface area contributed by atoms with Crippen molar-refractivity contribution in [2.75, 3.05) is 13.2 Å². The third-order valence-corrected chi connectivity index (χ3v) is 5.67. The number of allylic oxidation sites excluding steroid dienone is 1. The monoisotopic (exact) mass is 272 g/mol. The van der Waals surface area contributed by atoms with Crippen molar-refractivity contribution in [1.82, 2.24) is 0 Å². The van der Waals surface area contributed by atoms with Crippen molar-refractivity contribution in [1.29, 1.82) is 0 Å². The zero-order valence-electron chi connectivity index (χ0n) is 12.5. The van der Waals surface area contributed by atoms with Gasteiger partial charge in [0.1, 0.15) is 0 Å². The second kappa shape index (κ2) is 5.01. The van der Waals surface area contributed by atoms with E-state index in [1.165, 1.54) is 11.1 Å². The highest BCUT2D eigenvalue weighted by atomic mass is 16.5. The largest absolute Gasteiger partial charge is 0.396 e. The summed E-state index contributed by atoms with van der Waals surface area (Å²) in [4.78, 5) is 0. The summed E-state index contributed by atoms with van der Waals surface area (Å²) in [6, 6.07) is 10.5. The molecule has 5 atom stereocenters. The Morgan fingerprint density at radius 2 is 1.95 bits per heavy atom. The predicted octanol–water partition coefficient (Wildman–Crippen LogP) is 3.58. The average molecular weight is 272 g/mol. The van der Waals surface area contributed by atoms with E-state index >= 15 is 0 Å². The Balaban J connectivity index is 2.02. The molecule has 2 bridgehead atoms. The summed E-state index contributed by atoms with van der Waals surface area (Å²) >= 11 is 0. The molecular weight excluding hydrogens is 248 g/mol. The molecule has 1 aliphatic carbocycles. The zero-order chi connectivity index (χ0) is 14.3. The first-order chi connectivity index (χ1) is 9.60. The Morgan fingerprint density at radius 1 is 1.25 bits per heavy atom. The van der Waals surface area contributed by atoms with Gasteiger partial charge in [0, 0.05) is 11.3 Å². The third kappa shape index (κ3) is 1.86. The van der Waals surface area contributed by atoms with Crippen LogP contribution in [0.4, 0.5) is 0 Å². The first kappa shape index (κ1) is 13.8. The Labute approximate surface area is 121 Å². The molecule has 1 saturated heterocycles. The zero-order valence-corrected chi connectivity index (χ0v) is 12.5. The van der Waals surface area contributed by atoms with Crippen LogP contribution in [0, 0.1) is 23.2 Å². The Bertz CT molecular complexity index is 507. The second-order valence-corrected chi connectivity index (χ2v) is 6.55. The van der Waals surface area contributed by atoms with Gasteiger partial charge in [-0.25, -0.2) is 0 Å². The van der Waals surface area contributed by atoms with Gasteiger partial charge in [-0.05, 0) is 24.3 Å². The number of aliphatic hydroxyl groups is 1. The number of benzene rings is 1. The summed E-state index contributed by atoms with van der Waals surface area (Å²) in [5.74, 6) is 1.18. The van der Waals surface area contributed by atoms with Crippen LogP contribution in [-0.2, 0) is 4.74 Å². The Kier molecular flexibility index (Phi) is 3.47. The van der Waals surface area contributed by atoms with Crippen molar-refractivity contribution in [2.45, 2.75) is 26.9 Å². The fourth-order valence-corrected chi connectivity index (χ4v) is 4.23. The van der Waals surface area contributed by atoms with Crippen LogP contribution >= 0.6 is 0 Å². The molecule has 0 amide bonds. The van der Waals surface area contributed by atoms with E-state index in [1.807, 2.05) is 6.07 Å². The van der Waals surface area contributed by atoms with Gasteiger partial charge >= 0.3 is 0 Å². The van der Waals surface area contributed by atoms with E-state index in [0.29, 0.717) is 24.4 Å². The maximum absolute atomic E-state index is 9.97. The number of rotatable bonds is 2. The molecule has 2 nitrogen and oxygen atoms in total. The molecule has 1 heterocycles. The lowest BCUT2D eigenvalue weighted by atomic mass is 9.56. The molecule has 0 aromatic heterocycles. The van der Waals surface area contributed by atoms with E-state index in [2.05, 4.69) is 51.1 Å². The molecule has 0 radical (unpaired) electrons. The van der Waals surface area contributed by atoms with Gasteiger partial charge in [0.2, 0.25) is 0 Å². The molecule has 1 aromatic carbocycles. The van der Waals surface area contributed by atoms with Gasteiger partial charge < -0.3 is 9.84 Å². The second-order valence-electron chi connectivity index (χ2n) is 6.55. The van der Waals surface area contributed by atoms with Crippen molar-refractivity contribution < 1.29 is 9.84 Å². The van der Waals surface area contributed by atoms with Gasteiger partial charge in [-0.2, -0.15) is 0 Å². The van der Waals surface area contributed by atoms with E-state index in [0.717, 1.165) is 0 Å². The summed E-state index contributed by atoms with van der Waals surface area (Å²) in [5, 5.41) is 9.97. The highest BCUT2D eigenvalue weighted by molar-refractivity contribution is 5.27. The van der Waals surface area contributed by atoms with Crippen LogP contribution < -0.4 is 0 Å². The van der Waals surface area contributed by atoms with Gasteiger partial charge in [-0.1, -0.05) is 55.8 Å². The van der Waals surface area contributed by atoms with E-state index in [9.17, 15) is 5.11 Å². The molecule has 108 valence electrons. The van der Waals surface area contributed by atoms with Crippen LogP contribution in [0.25, 0.3) is 0 Å². The van der Waals surface area contributed by atoms with Crippen LogP contribution in [0.2, 0.25) is 0 Å². The first-order valence-electron chi connectivity index (χ1n) is 7.56. The minimum atomic E-state index is -0.116. The molecule has 20 heavy (non-hydrogen) atoms. The van der Waals surface area contributed by atoms with Crippen molar-refractivity contribution in [3.63, 3.8) is 0 Å². The van der Waals surface area contributed by atoms with Gasteiger partial charge in [0.25, 0.3) is 0 Å². The quantitative estimate of drug-likeness (QED) is 0.834. The molecular formula is C18H24O2. The van der Waals surface area contributed by atoms with E-state index in [1.54, 1.807) is 0 Å². The van der Waals surface area contributed by atoms with E-state index < -0.39 is 0 Å². The number of hydrogen-bond acceptors (Lipinski definition) is 2. The summed E-state index contributed by atoms with van der Waals surface area (Å²) in [6.07, 6.45) is 2.47. The standard InChI is InChI=1S/C18H24O2/c1-12-9-13(2)18(10-19)11-20-17(16(12)14(18)3)15-7-5-4-6-8-15/h4-9,13-14,16-17,19H,10-11H2,1-3H3/t13-,14+,16+,17+,18-/m1/s1. The van der Waals surface area contributed by atoms with Gasteiger partial charge in [0.05, 0.1) is 19.3 Å². The van der Waals surface area contributed by atoms with Gasteiger partial charge in [-0.15, -0.1) is 0 Å². The smallest absolute Gasteiger partial charge is 0.0893 e. The molecule has 1 aliphatic heterocycles. The maximum atomic E-state index is 9.97. The Hall–Kier alpha value is -1.12. The van der Waals surface area contributed by atoms with Crippen molar-refractivity contribution in [3.05, 3.63) is 47.5 Å². The molecule has 2 heteroatoms. The summed E-state index contributed by atoms with van der Waals surface area (Å²) in [5.41, 5.74) is 2.54. The van der Waals surface area contributed by atoms with Crippen molar-refractivity contribution in [3.8, 4) is 0 Å². The van der Waals surface area contributed by atoms with Crippen LogP contribution in [0.5, 0.6) is 0 Å². The highest BCUT2D eigenvalue weighted by Gasteiger charge is 2.53. The predicted molar refractivity (Wildman–Crippen MR) is 80.2 cm³/mol. The molecule has 0 unspecified atom stereocenters. The Morgan fingerprint density at radius 3 is 2.60 bits per heavy atom. The third-order valence-electron chi connectivity index (χ3n) is 5.67. The van der Waals surface area contributed by atoms with Crippen molar-refractivity contribution in [2.24, 2.45) is 23.2 Å². The van der Waals surface area contributed by atoms with Crippen LogP contribution in [-0.4, -0.2) is 18.3 Å².